The van der Waals surface area contributed by atoms with E-state index >= 15 is 0 Å². The van der Waals surface area contributed by atoms with Crippen molar-refractivity contribution in [2.45, 2.75) is 28.9 Å². The molecule has 9 heteroatoms. The standard InChI is InChI=1S/C11H15ClO6S2/c1-7(2)19(13,14)10-6-11(20(12,15)16)9(18-4)5-8(10)17-3/h5-7H,1-4H3. The molecular weight excluding hydrogens is 328 g/mol. The first-order valence-corrected chi connectivity index (χ1v) is 9.35. The first kappa shape index (κ1) is 17.1. The smallest absolute Gasteiger partial charge is 0.265 e. The Morgan fingerprint density at radius 1 is 0.950 bits per heavy atom. The summed E-state index contributed by atoms with van der Waals surface area (Å²) >= 11 is 0. The largest absolute Gasteiger partial charge is 0.495 e. The van der Waals surface area contributed by atoms with Gasteiger partial charge in [-0.05, 0) is 19.9 Å². The number of hydrogen-bond donors (Lipinski definition) is 0. The lowest BCUT2D eigenvalue weighted by atomic mass is 10.3. The van der Waals surface area contributed by atoms with E-state index in [-0.39, 0.29) is 16.4 Å². The summed E-state index contributed by atoms with van der Waals surface area (Å²) in [7, 11) is -0.0589. The second-order valence-electron chi connectivity index (χ2n) is 4.19. The van der Waals surface area contributed by atoms with Crippen LogP contribution in [0.5, 0.6) is 11.5 Å². The maximum absolute atomic E-state index is 12.2. The third-order valence-corrected chi connectivity index (χ3v) is 6.16. The highest BCUT2D eigenvalue weighted by atomic mass is 35.7. The van der Waals surface area contributed by atoms with Crippen molar-refractivity contribution < 1.29 is 26.3 Å². The highest BCUT2D eigenvalue weighted by Gasteiger charge is 2.28. The average Bonchev–Trinajstić information content (AvgIpc) is 2.35. The summed E-state index contributed by atoms with van der Waals surface area (Å²) in [5.41, 5.74) is 0. The Hall–Kier alpha value is -0.990. The van der Waals surface area contributed by atoms with Crippen LogP contribution in [-0.2, 0) is 18.9 Å². The molecule has 0 aromatic heterocycles. The van der Waals surface area contributed by atoms with Crippen LogP contribution in [0, 0.1) is 0 Å². The van der Waals surface area contributed by atoms with E-state index in [1.54, 1.807) is 0 Å². The number of sulfone groups is 1. The van der Waals surface area contributed by atoms with E-state index in [2.05, 4.69) is 0 Å². The van der Waals surface area contributed by atoms with E-state index in [0.717, 1.165) is 6.07 Å². The molecule has 1 aromatic rings. The second kappa shape index (κ2) is 5.79. The molecular formula is C11H15ClO6S2. The molecule has 0 saturated heterocycles. The highest BCUT2D eigenvalue weighted by Crippen LogP contribution is 2.37. The molecule has 0 unspecified atom stereocenters. The van der Waals surface area contributed by atoms with E-state index in [1.807, 2.05) is 0 Å². The molecule has 6 nitrogen and oxygen atoms in total. The Bertz CT molecular complexity index is 707. The number of hydrogen-bond acceptors (Lipinski definition) is 6. The molecule has 0 aliphatic carbocycles. The third kappa shape index (κ3) is 3.18. The summed E-state index contributed by atoms with van der Waals surface area (Å²) in [6.45, 7) is 2.96. The van der Waals surface area contributed by atoms with E-state index in [9.17, 15) is 16.8 Å². The van der Waals surface area contributed by atoms with Gasteiger partial charge in [0.15, 0.2) is 9.84 Å². The molecule has 0 amide bonds. The van der Waals surface area contributed by atoms with Gasteiger partial charge in [0.1, 0.15) is 21.3 Å². The topological polar surface area (TPSA) is 86.7 Å². The number of halogens is 1. The highest BCUT2D eigenvalue weighted by molar-refractivity contribution is 8.13. The van der Waals surface area contributed by atoms with Crippen LogP contribution in [0.4, 0.5) is 0 Å². The Morgan fingerprint density at radius 2 is 1.40 bits per heavy atom. The van der Waals surface area contributed by atoms with Crippen LogP contribution in [-0.4, -0.2) is 36.3 Å². The Kier molecular flexibility index (Phi) is 4.94. The lowest BCUT2D eigenvalue weighted by Crippen LogP contribution is -2.16. The van der Waals surface area contributed by atoms with E-state index in [1.165, 1.54) is 34.1 Å². The quantitative estimate of drug-likeness (QED) is 0.758. The molecule has 0 saturated carbocycles. The minimum absolute atomic E-state index is 0.000355. The summed E-state index contributed by atoms with van der Waals surface area (Å²) in [5, 5.41) is -0.740. The molecule has 0 aliphatic heterocycles. The van der Waals surface area contributed by atoms with Crippen LogP contribution in [0.1, 0.15) is 13.8 Å². The lowest BCUT2D eigenvalue weighted by molar-refractivity contribution is 0.379. The summed E-state index contributed by atoms with van der Waals surface area (Å²) in [6.07, 6.45) is 0. The fourth-order valence-corrected chi connectivity index (χ4v) is 3.80. The molecule has 0 heterocycles. The molecule has 0 atom stereocenters. The van der Waals surface area contributed by atoms with Gasteiger partial charge in [0.25, 0.3) is 9.05 Å². The van der Waals surface area contributed by atoms with Crippen LogP contribution in [0.2, 0.25) is 0 Å². The van der Waals surface area contributed by atoms with Crippen molar-refractivity contribution in [1.29, 1.82) is 0 Å². The van der Waals surface area contributed by atoms with Gasteiger partial charge in [-0.25, -0.2) is 16.8 Å². The van der Waals surface area contributed by atoms with Crippen molar-refractivity contribution in [3.05, 3.63) is 12.1 Å². The van der Waals surface area contributed by atoms with E-state index in [0.29, 0.717) is 0 Å². The zero-order valence-electron chi connectivity index (χ0n) is 11.4. The molecule has 0 bridgehead atoms. The van der Waals surface area contributed by atoms with Crippen LogP contribution in [0.25, 0.3) is 0 Å². The number of benzene rings is 1. The summed E-state index contributed by atoms with van der Waals surface area (Å²) in [5.74, 6) is -0.0841. The van der Waals surface area contributed by atoms with Gasteiger partial charge in [0.2, 0.25) is 0 Å². The second-order valence-corrected chi connectivity index (χ2v) is 9.19. The van der Waals surface area contributed by atoms with Crippen molar-refractivity contribution in [3.63, 3.8) is 0 Å². The molecule has 0 N–H and O–H groups in total. The van der Waals surface area contributed by atoms with Crippen molar-refractivity contribution in [3.8, 4) is 11.5 Å². The fourth-order valence-electron chi connectivity index (χ4n) is 1.51. The molecule has 0 spiro atoms. The van der Waals surface area contributed by atoms with Gasteiger partial charge in [-0.15, -0.1) is 0 Å². The maximum atomic E-state index is 12.2. The molecule has 20 heavy (non-hydrogen) atoms. The van der Waals surface area contributed by atoms with E-state index in [4.69, 9.17) is 20.2 Å². The summed E-state index contributed by atoms with van der Waals surface area (Å²) < 4.78 is 57.4. The summed E-state index contributed by atoms with van der Waals surface area (Å²) in [4.78, 5) is -0.656. The first-order chi connectivity index (χ1) is 9.05. The normalized spacial score (nSPS) is 12.5. The zero-order valence-corrected chi connectivity index (χ0v) is 13.8. The maximum Gasteiger partial charge on any atom is 0.265 e. The predicted octanol–water partition coefficient (Wildman–Crippen LogP) is 1.81. The fraction of sp³-hybridized carbons (Fsp3) is 0.455. The number of ether oxygens (including phenoxy) is 2. The van der Waals surface area contributed by atoms with E-state index < -0.39 is 29.0 Å². The Morgan fingerprint density at radius 3 is 1.75 bits per heavy atom. The molecule has 114 valence electrons. The molecule has 0 radical (unpaired) electrons. The van der Waals surface area contributed by atoms with Crippen molar-refractivity contribution in [1.82, 2.24) is 0 Å². The molecule has 0 fully saturated rings. The first-order valence-electron chi connectivity index (χ1n) is 5.50. The van der Waals surface area contributed by atoms with Crippen LogP contribution >= 0.6 is 10.7 Å². The Labute approximate surface area is 123 Å². The molecule has 1 aromatic carbocycles. The Balaban J connectivity index is 3.79. The SMILES string of the molecule is COc1cc(OC)c(S(=O)(=O)C(C)C)cc1S(=O)(=O)Cl. The van der Waals surface area contributed by atoms with Gasteiger partial charge >= 0.3 is 0 Å². The number of methoxy groups -OCH3 is 2. The molecule has 1 rings (SSSR count). The van der Waals surface area contributed by atoms with Gasteiger partial charge < -0.3 is 9.47 Å². The van der Waals surface area contributed by atoms with Crippen molar-refractivity contribution in [2.24, 2.45) is 0 Å². The zero-order chi connectivity index (χ0) is 15.7. The van der Waals surface area contributed by atoms with Crippen LogP contribution < -0.4 is 9.47 Å². The number of rotatable bonds is 5. The minimum atomic E-state index is -4.15. The average molecular weight is 343 g/mol. The van der Waals surface area contributed by atoms with Gasteiger partial charge in [0.05, 0.1) is 19.5 Å². The van der Waals surface area contributed by atoms with Gasteiger partial charge in [-0.1, -0.05) is 0 Å². The monoisotopic (exact) mass is 342 g/mol. The summed E-state index contributed by atoms with van der Waals surface area (Å²) in [6, 6.07) is 2.14. The predicted molar refractivity (Wildman–Crippen MR) is 74.9 cm³/mol. The van der Waals surface area contributed by atoms with Crippen LogP contribution in [0.15, 0.2) is 21.9 Å². The van der Waals surface area contributed by atoms with Crippen LogP contribution in [0.3, 0.4) is 0 Å². The van der Waals surface area contributed by atoms with Gasteiger partial charge in [-0.2, -0.15) is 0 Å². The minimum Gasteiger partial charge on any atom is -0.495 e. The van der Waals surface area contributed by atoms with Crippen molar-refractivity contribution >= 4 is 29.6 Å². The van der Waals surface area contributed by atoms with Crippen molar-refractivity contribution in [2.75, 3.05) is 14.2 Å². The molecule has 0 aliphatic rings. The van der Waals surface area contributed by atoms with Gasteiger partial charge in [-0.3, -0.25) is 0 Å². The lowest BCUT2D eigenvalue weighted by Gasteiger charge is -2.15. The van der Waals surface area contributed by atoms with Gasteiger partial charge in [0, 0.05) is 16.7 Å². The third-order valence-electron chi connectivity index (χ3n) is 2.64.